The van der Waals surface area contributed by atoms with E-state index in [2.05, 4.69) is 24.4 Å². The third-order valence-corrected chi connectivity index (χ3v) is 5.12. The molecule has 1 N–H and O–H groups in total. The predicted molar refractivity (Wildman–Crippen MR) is 83.2 cm³/mol. The van der Waals surface area contributed by atoms with E-state index in [1.807, 2.05) is 12.1 Å². The minimum atomic E-state index is 0.190. The molecule has 0 amide bonds. The molecule has 2 atom stereocenters. The zero-order valence-electron chi connectivity index (χ0n) is 12.2. The van der Waals surface area contributed by atoms with E-state index in [9.17, 15) is 0 Å². The average Bonchev–Trinajstić information content (AvgIpc) is 2.87. The highest BCUT2D eigenvalue weighted by atomic mass is 35.5. The zero-order valence-corrected chi connectivity index (χ0v) is 13.0. The molecule has 1 aliphatic heterocycles. The van der Waals surface area contributed by atoms with E-state index < -0.39 is 0 Å². The van der Waals surface area contributed by atoms with Crippen LogP contribution in [0.2, 0.25) is 5.02 Å². The van der Waals surface area contributed by atoms with Gasteiger partial charge in [-0.3, -0.25) is 0 Å². The Morgan fingerprint density at radius 1 is 1.25 bits per heavy atom. The van der Waals surface area contributed by atoms with Crippen molar-refractivity contribution in [2.45, 2.75) is 63.1 Å². The quantitative estimate of drug-likeness (QED) is 0.887. The van der Waals surface area contributed by atoms with Crippen LogP contribution in [0.4, 0.5) is 0 Å². The maximum absolute atomic E-state index is 6.10. The Hall–Kier alpha value is -0.570. The molecule has 0 aromatic heterocycles. The van der Waals surface area contributed by atoms with E-state index in [4.69, 9.17) is 16.3 Å². The lowest BCUT2D eigenvalue weighted by molar-refractivity contribution is -0.0846. The maximum atomic E-state index is 6.10. The number of halogens is 1. The Balaban J connectivity index is 1.60. The van der Waals surface area contributed by atoms with Crippen LogP contribution in [0, 0.1) is 0 Å². The normalized spacial score (nSPS) is 26.8. The highest BCUT2D eigenvalue weighted by molar-refractivity contribution is 6.30. The van der Waals surface area contributed by atoms with Crippen molar-refractivity contribution in [1.29, 1.82) is 0 Å². The third kappa shape index (κ3) is 3.19. The van der Waals surface area contributed by atoms with Crippen molar-refractivity contribution >= 4 is 11.6 Å². The van der Waals surface area contributed by atoms with Crippen LogP contribution in [0.25, 0.3) is 0 Å². The molecule has 1 aromatic carbocycles. The van der Waals surface area contributed by atoms with Gasteiger partial charge >= 0.3 is 0 Å². The summed E-state index contributed by atoms with van der Waals surface area (Å²) < 4.78 is 6.10. The van der Waals surface area contributed by atoms with E-state index in [0.29, 0.717) is 12.1 Å². The third-order valence-electron chi connectivity index (χ3n) is 4.86. The number of hydrogen-bond acceptors (Lipinski definition) is 2. The summed E-state index contributed by atoms with van der Waals surface area (Å²) in [6, 6.07) is 9.12. The number of benzene rings is 1. The van der Waals surface area contributed by atoms with Gasteiger partial charge in [0.05, 0.1) is 5.60 Å². The summed E-state index contributed by atoms with van der Waals surface area (Å²) in [5.41, 5.74) is 1.50. The lowest BCUT2D eigenvalue weighted by Gasteiger charge is -2.39. The van der Waals surface area contributed by atoms with E-state index >= 15 is 0 Å². The molecule has 0 bridgehead atoms. The Morgan fingerprint density at radius 3 is 2.65 bits per heavy atom. The summed E-state index contributed by atoms with van der Waals surface area (Å²) in [7, 11) is 0. The van der Waals surface area contributed by atoms with Gasteiger partial charge in [0.25, 0.3) is 0 Å². The van der Waals surface area contributed by atoms with Crippen molar-refractivity contribution in [2.75, 3.05) is 6.61 Å². The summed E-state index contributed by atoms with van der Waals surface area (Å²) >= 11 is 5.95. The van der Waals surface area contributed by atoms with Gasteiger partial charge in [-0.1, -0.05) is 36.6 Å². The second kappa shape index (κ2) is 6.05. The maximum Gasteiger partial charge on any atom is 0.0697 e. The van der Waals surface area contributed by atoms with Crippen molar-refractivity contribution in [3.63, 3.8) is 0 Å². The summed E-state index contributed by atoms with van der Waals surface area (Å²) in [6.45, 7) is 3.14. The number of rotatable bonds is 3. The zero-order chi connectivity index (χ0) is 14.0. The molecular weight excluding hydrogens is 270 g/mol. The minimum Gasteiger partial charge on any atom is -0.375 e. The van der Waals surface area contributed by atoms with Gasteiger partial charge in [0.1, 0.15) is 0 Å². The molecule has 0 radical (unpaired) electrons. The van der Waals surface area contributed by atoms with E-state index in [1.165, 1.54) is 37.7 Å². The molecule has 2 aliphatic rings. The van der Waals surface area contributed by atoms with Gasteiger partial charge in [0, 0.05) is 23.7 Å². The lowest BCUT2D eigenvalue weighted by atomic mass is 9.88. The van der Waals surface area contributed by atoms with Crippen LogP contribution in [0.5, 0.6) is 0 Å². The van der Waals surface area contributed by atoms with Gasteiger partial charge in [-0.25, -0.2) is 0 Å². The molecule has 20 heavy (non-hydrogen) atoms. The van der Waals surface area contributed by atoms with Crippen LogP contribution in [-0.4, -0.2) is 18.2 Å². The highest BCUT2D eigenvalue weighted by Gasteiger charge is 2.40. The molecule has 110 valence electrons. The molecule has 3 heteroatoms. The Kier molecular flexibility index (Phi) is 4.34. The first-order valence-corrected chi connectivity index (χ1v) is 8.20. The van der Waals surface area contributed by atoms with Crippen LogP contribution in [0.3, 0.4) is 0 Å². The molecule has 2 fully saturated rings. The highest BCUT2D eigenvalue weighted by Crippen LogP contribution is 2.40. The molecular formula is C17H24ClNO. The molecule has 1 aliphatic carbocycles. The van der Waals surface area contributed by atoms with Crippen LogP contribution >= 0.6 is 11.6 Å². The molecule has 1 unspecified atom stereocenters. The number of hydrogen-bond donors (Lipinski definition) is 1. The Morgan fingerprint density at radius 2 is 1.95 bits per heavy atom. The Bertz CT molecular complexity index is 439. The molecule has 1 heterocycles. The molecule has 3 rings (SSSR count). The molecule has 1 aromatic rings. The van der Waals surface area contributed by atoms with Crippen LogP contribution in [-0.2, 0) is 4.74 Å². The van der Waals surface area contributed by atoms with Gasteiger partial charge in [-0.2, -0.15) is 0 Å². The molecule has 1 saturated carbocycles. The Labute approximate surface area is 126 Å². The van der Waals surface area contributed by atoms with Gasteiger partial charge in [-0.05, 0) is 50.3 Å². The summed E-state index contributed by atoms with van der Waals surface area (Å²) in [6.07, 6.45) is 7.46. The fourth-order valence-electron chi connectivity index (χ4n) is 3.74. The monoisotopic (exact) mass is 293 g/mol. The first kappa shape index (κ1) is 14.4. The second-order valence-electron chi connectivity index (χ2n) is 6.37. The lowest BCUT2D eigenvalue weighted by Crippen LogP contribution is -2.46. The van der Waals surface area contributed by atoms with Crippen molar-refractivity contribution in [3.8, 4) is 0 Å². The summed E-state index contributed by atoms with van der Waals surface area (Å²) in [4.78, 5) is 0. The second-order valence-corrected chi connectivity index (χ2v) is 6.80. The largest absolute Gasteiger partial charge is 0.375 e. The van der Waals surface area contributed by atoms with E-state index in [-0.39, 0.29) is 5.60 Å². The van der Waals surface area contributed by atoms with E-state index in [0.717, 1.165) is 18.1 Å². The first-order chi connectivity index (χ1) is 9.67. The molecule has 1 saturated heterocycles. The van der Waals surface area contributed by atoms with Crippen molar-refractivity contribution < 1.29 is 4.74 Å². The van der Waals surface area contributed by atoms with Gasteiger partial charge in [0.2, 0.25) is 0 Å². The summed E-state index contributed by atoms with van der Waals surface area (Å²) in [5, 5.41) is 4.59. The van der Waals surface area contributed by atoms with Crippen molar-refractivity contribution in [1.82, 2.24) is 5.32 Å². The fourth-order valence-corrected chi connectivity index (χ4v) is 3.87. The molecule has 1 spiro atoms. The number of nitrogens with one attached hydrogen (secondary N) is 1. The van der Waals surface area contributed by atoms with Crippen LogP contribution in [0.15, 0.2) is 24.3 Å². The van der Waals surface area contributed by atoms with Crippen molar-refractivity contribution in [2.24, 2.45) is 0 Å². The smallest absolute Gasteiger partial charge is 0.0697 e. The fraction of sp³-hybridized carbons (Fsp3) is 0.647. The predicted octanol–water partition coefficient (Wildman–Crippen LogP) is 4.48. The van der Waals surface area contributed by atoms with Crippen LogP contribution in [0.1, 0.15) is 57.1 Å². The van der Waals surface area contributed by atoms with Crippen LogP contribution < -0.4 is 5.32 Å². The topological polar surface area (TPSA) is 21.3 Å². The van der Waals surface area contributed by atoms with Crippen molar-refractivity contribution in [3.05, 3.63) is 34.9 Å². The van der Waals surface area contributed by atoms with Gasteiger partial charge < -0.3 is 10.1 Å². The van der Waals surface area contributed by atoms with Gasteiger partial charge in [0.15, 0.2) is 0 Å². The first-order valence-electron chi connectivity index (χ1n) is 7.82. The minimum absolute atomic E-state index is 0.190. The SMILES string of the molecule is C[C@H](NC1CCOC2(CCCC2)C1)c1ccc(Cl)cc1. The number of ether oxygens (including phenoxy) is 1. The van der Waals surface area contributed by atoms with Gasteiger partial charge in [-0.15, -0.1) is 0 Å². The standard InChI is InChI=1S/C17H24ClNO/c1-13(14-4-6-15(18)7-5-14)19-16-8-11-20-17(12-16)9-2-3-10-17/h4-7,13,16,19H,2-3,8-12H2,1H3/t13-,16?/m0/s1. The van der Waals surface area contributed by atoms with E-state index in [1.54, 1.807) is 0 Å². The summed E-state index contributed by atoms with van der Waals surface area (Å²) in [5.74, 6) is 0. The molecule has 2 nitrogen and oxygen atoms in total. The average molecular weight is 294 g/mol.